The Morgan fingerprint density at radius 3 is 1.92 bits per heavy atom. The van der Waals surface area contributed by atoms with Crippen LogP contribution < -0.4 is 9.62 Å². The summed E-state index contributed by atoms with van der Waals surface area (Å²) < 4.78 is 55.1. The third-order valence-electron chi connectivity index (χ3n) is 5.66. The van der Waals surface area contributed by atoms with Crippen molar-refractivity contribution in [3.8, 4) is 0 Å². The average Bonchev–Trinajstić information content (AvgIpc) is 2.86. The Morgan fingerprint density at radius 1 is 0.868 bits per heavy atom. The van der Waals surface area contributed by atoms with Crippen LogP contribution in [-0.2, 0) is 26.2 Å². The van der Waals surface area contributed by atoms with Gasteiger partial charge in [0.2, 0.25) is 11.8 Å². The summed E-state index contributed by atoms with van der Waals surface area (Å²) in [5, 5.41) is 2.84. The molecule has 1 atom stereocenters. The highest BCUT2D eigenvalue weighted by Gasteiger charge is 2.33. The zero-order valence-corrected chi connectivity index (χ0v) is 22.5. The number of halogens is 2. The lowest BCUT2D eigenvalue weighted by Crippen LogP contribution is -2.54. The minimum Gasteiger partial charge on any atom is -0.350 e. The van der Waals surface area contributed by atoms with Crippen LogP contribution in [-0.4, -0.2) is 43.3 Å². The van der Waals surface area contributed by atoms with Gasteiger partial charge in [0, 0.05) is 12.1 Å². The molecule has 0 aliphatic carbocycles. The zero-order valence-electron chi connectivity index (χ0n) is 21.7. The van der Waals surface area contributed by atoms with Crippen molar-refractivity contribution in [3.63, 3.8) is 0 Å². The number of hydrogen-bond donors (Lipinski definition) is 1. The second-order valence-electron chi connectivity index (χ2n) is 9.86. The van der Waals surface area contributed by atoms with E-state index >= 15 is 0 Å². The number of para-hydroxylation sites is 1. The number of rotatable bonds is 9. The highest BCUT2D eigenvalue weighted by Crippen LogP contribution is 2.24. The van der Waals surface area contributed by atoms with Gasteiger partial charge < -0.3 is 10.2 Å². The average molecular weight is 544 g/mol. The van der Waals surface area contributed by atoms with Crippen molar-refractivity contribution >= 4 is 27.5 Å². The first kappa shape index (κ1) is 28.8. The molecule has 0 unspecified atom stereocenters. The second kappa shape index (κ2) is 11.7. The van der Waals surface area contributed by atoms with Gasteiger partial charge in [0.15, 0.2) is 0 Å². The summed E-state index contributed by atoms with van der Waals surface area (Å²) in [4.78, 5) is 27.8. The number of sulfonamides is 1. The molecular weight excluding hydrogens is 512 g/mol. The van der Waals surface area contributed by atoms with Crippen molar-refractivity contribution in [2.75, 3.05) is 10.8 Å². The molecule has 0 aliphatic rings. The number of amides is 2. The van der Waals surface area contributed by atoms with E-state index in [0.717, 1.165) is 28.6 Å². The fraction of sp³-hybridized carbons (Fsp3) is 0.286. The van der Waals surface area contributed by atoms with Gasteiger partial charge in [-0.3, -0.25) is 13.9 Å². The number of anilines is 1. The number of nitrogens with zero attached hydrogens (tertiary/aromatic N) is 2. The lowest BCUT2D eigenvalue weighted by molar-refractivity contribution is -0.140. The van der Waals surface area contributed by atoms with Gasteiger partial charge in [-0.2, -0.15) is 0 Å². The molecule has 0 aliphatic heterocycles. The van der Waals surface area contributed by atoms with E-state index in [4.69, 9.17) is 0 Å². The van der Waals surface area contributed by atoms with Gasteiger partial charge >= 0.3 is 0 Å². The molecule has 0 saturated heterocycles. The third kappa shape index (κ3) is 7.38. The van der Waals surface area contributed by atoms with Crippen molar-refractivity contribution in [2.45, 2.75) is 50.7 Å². The molecule has 0 fully saturated rings. The summed E-state index contributed by atoms with van der Waals surface area (Å²) in [6.45, 7) is 6.27. The van der Waals surface area contributed by atoms with E-state index in [1.807, 2.05) is 0 Å². The molecule has 2 amide bonds. The SMILES string of the molecule is C[C@@H](C(=O)NC(C)(C)C)N(Cc1ccc(F)cc1)C(=O)CN(c1ccccc1)S(=O)(=O)c1ccc(F)cc1. The van der Waals surface area contributed by atoms with Crippen LogP contribution in [0.15, 0.2) is 83.8 Å². The fourth-order valence-electron chi connectivity index (χ4n) is 3.70. The molecule has 0 spiro atoms. The van der Waals surface area contributed by atoms with Crippen LogP contribution in [0, 0.1) is 11.6 Å². The molecule has 0 heterocycles. The number of benzene rings is 3. The fourth-order valence-corrected chi connectivity index (χ4v) is 5.11. The van der Waals surface area contributed by atoms with Gasteiger partial charge in [0.1, 0.15) is 24.2 Å². The maximum atomic E-state index is 13.7. The lowest BCUT2D eigenvalue weighted by Gasteiger charge is -2.33. The van der Waals surface area contributed by atoms with Crippen molar-refractivity contribution in [1.82, 2.24) is 10.2 Å². The topological polar surface area (TPSA) is 86.8 Å². The van der Waals surface area contributed by atoms with E-state index in [1.54, 1.807) is 45.9 Å². The predicted molar refractivity (Wildman–Crippen MR) is 142 cm³/mol. The molecule has 1 N–H and O–H groups in total. The minimum atomic E-state index is -4.28. The largest absolute Gasteiger partial charge is 0.350 e. The van der Waals surface area contributed by atoms with E-state index in [-0.39, 0.29) is 17.1 Å². The molecule has 3 aromatic rings. The Balaban J connectivity index is 2.00. The molecule has 10 heteroatoms. The molecule has 0 bridgehead atoms. The number of carbonyl (C=O) groups excluding carboxylic acids is 2. The van der Waals surface area contributed by atoms with Crippen LogP contribution in [0.5, 0.6) is 0 Å². The Morgan fingerprint density at radius 2 is 1.39 bits per heavy atom. The Kier molecular flexibility index (Phi) is 8.88. The molecule has 3 rings (SSSR count). The molecule has 3 aromatic carbocycles. The van der Waals surface area contributed by atoms with Crippen molar-refractivity contribution < 1.29 is 26.8 Å². The van der Waals surface area contributed by atoms with Gasteiger partial charge in [-0.1, -0.05) is 30.3 Å². The van der Waals surface area contributed by atoms with Gasteiger partial charge in [0.25, 0.3) is 10.0 Å². The van der Waals surface area contributed by atoms with E-state index in [9.17, 15) is 26.8 Å². The molecule has 0 radical (unpaired) electrons. The molecular formula is C28H31F2N3O4S. The number of nitrogens with one attached hydrogen (secondary N) is 1. The van der Waals surface area contributed by atoms with Crippen LogP contribution in [0.25, 0.3) is 0 Å². The second-order valence-corrected chi connectivity index (χ2v) is 11.7. The highest BCUT2D eigenvalue weighted by atomic mass is 32.2. The van der Waals surface area contributed by atoms with Crippen LogP contribution in [0.3, 0.4) is 0 Å². The Hall–Kier alpha value is -3.79. The summed E-state index contributed by atoms with van der Waals surface area (Å²) in [5.41, 5.74) is 0.208. The quantitative estimate of drug-likeness (QED) is 0.431. The van der Waals surface area contributed by atoms with Crippen LogP contribution in [0.1, 0.15) is 33.3 Å². The van der Waals surface area contributed by atoms with Crippen molar-refractivity contribution in [3.05, 3.63) is 96.1 Å². The standard InChI is InChI=1S/C28H31F2N3O4S/c1-20(27(35)31-28(2,3)4)32(18-21-10-12-22(29)13-11-21)26(34)19-33(24-8-6-5-7-9-24)38(36,37)25-16-14-23(30)15-17-25/h5-17,20H,18-19H2,1-4H3,(H,31,35)/t20-/m0/s1. The summed E-state index contributed by atoms with van der Waals surface area (Å²) in [6.07, 6.45) is 0. The maximum Gasteiger partial charge on any atom is 0.264 e. The Labute approximate surface area is 222 Å². The van der Waals surface area contributed by atoms with E-state index in [1.165, 1.54) is 41.3 Å². The van der Waals surface area contributed by atoms with Gasteiger partial charge in [-0.05, 0) is 81.8 Å². The maximum absolute atomic E-state index is 13.7. The van der Waals surface area contributed by atoms with Gasteiger partial charge in [-0.25, -0.2) is 17.2 Å². The highest BCUT2D eigenvalue weighted by molar-refractivity contribution is 7.92. The summed E-state index contributed by atoms with van der Waals surface area (Å²) >= 11 is 0. The van der Waals surface area contributed by atoms with E-state index < -0.39 is 51.6 Å². The first-order valence-electron chi connectivity index (χ1n) is 12.0. The normalized spacial score (nSPS) is 12.5. The van der Waals surface area contributed by atoms with E-state index in [2.05, 4.69) is 5.32 Å². The number of hydrogen-bond acceptors (Lipinski definition) is 4. The summed E-state index contributed by atoms with van der Waals surface area (Å²) in [7, 11) is -4.28. The molecule has 0 saturated carbocycles. The smallest absolute Gasteiger partial charge is 0.264 e. The summed E-state index contributed by atoms with van der Waals surface area (Å²) in [6, 6.07) is 16.8. The lowest BCUT2D eigenvalue weighted by atomic mass is 10.1. The molecule has 38 heavy (non-hydrogen) atoms. The first-order chi connectivity index (χ1) is 17.8. The minimum absolute atomic E-state index is 0.0585. The number of carbonyl (C=O) groups is 2. The summed E-state index contributed by atoms with van der Waals surface area (Å²) in [5.74, 6) is -2.14. The van der Waals surface area contributed by atoms with Crippen LogP contribution in [0.4, 0.5) is 14.5 Å². The van der Waals surface area contributed by atoms with Crippen LogP contribution >= 0.6 is 0 Å². The monoisotopic (exact) mass is 543 g/mol. The van der Waals surface area contributed by atoms with Crippen molar-refractivity contribution in [2.24, 2.45) is 0 Å². The van der Waals surface area contributed by atoms with Gasteiger partial charge in [-0.15, -0.1) is 0 Å². The molecule has 202 valence electrons. The molecule has 7 nitrogen and oxygen atoms in total. The van der Waals surface area contributed by atoms with E-state index in [0.29, 0.717) is 5.56 Å². The third-order valence-corrected chi connectivity index (χ3v) is 7.44. The van der Waals surface area contributed by atoms with Crippen LogP contribution in [0.2, 0.25) is 0 Å². The van der Waals surface area contributed by atoms with Crippen molar-refractivity contribution in [1.29, 1.82) is 0 Å². The zero-order chi connectivity index (χ0) is 28.1. The Bertz CT molecular complexity index is 1360. The first-order valence-corrected chi connectivity index (χ1v) is 13.4. The predicted octanol–water partition coefficient (Wildman–Crippen LogP) is 4.49. The molecule has 0 aromatic heterocycles. The van der Waals surface area contributed by atoms with Gasteiger partial charge in [0.05, 0.1) is 10.6 Å².